The predicted octanol–water partition coefficient (Wildman–Crippen LogP) is 1.43. The monoisotopic (exact) mass is 255 g/mol. The van der Waals surface area contributed by atoms with Crippen LogP contribution in [0.3, 0.4) is 0 Å². The Hall–Kier alpha value is -2.56. The van der Waals surface area contributed by atoms with Gasteiger partial charge in [-0.1, -0.05) is 0 Å². The van der Waals surface area contributed by atoms with E-state index in [2.05, 4.69) is 9.82 Å². The first-order valence-electron chi connectivity index (χ1n) is 4.58. The molecule has 0 unspecified atom stereocenters. The van der Waals surface area contributed by atoms with Gasteiger partial charge in [0.25, 0.3) is 0 Å². The van der Waals surface area contributed by atoms with Gasteiger partial charge in [0.05, 0.1) is 17.1 Å². The zero-order valence-electron chi connectivity index (χ0n) is 8.60. The highest BCUT2D eigenvalue weighted by Gasteiger charge is 2.42. The Bertz CT molecular complexity index is 654. The molecule has 0 saturated heterocycles. The minimum atomic E-state index is -5.09. The van der Waals surface area contributed by atoms with Crippen LogP contribution in [0, 0.1) is 11.3 Å². The van der Waals surface area contributed by atoms with Gasteiger partial charge in [-0.15, -0.1) is 0 Å². The van der Waals surface area contributed by atoms with Gasteiger partial charge in [0.15, 0.2) is 0 Å². The summed E-state index contributed by atoms with van der Waals surface area (Å²) in [4.78, 5) is 18.5. The quantitative estimate of drug-likeness (QED) is 0.772. The molecule has 1 heterocycles. The van der Waals surface area contributed by atoms with Crippen LogP contribution in [0.15, 0.2) is 24.5 Å². The van der Waals surface area contributed by atoms with Crippen LogP contribution < -0.4 is 4.84 Å². The molecule has 0 N–H and O–H groups in total. The van der Waals surface area contributed by atoms with Crippen LogP contribution in [0.1, 0.15) is 5.56 Å². The van der Waals surface area contributed by atoms with Crippen LogP contribution >= 0.6 is 0 Å². The first-order chi connectivity index (χ1) is 8.41. The van der Waals surface area contributed by atoms with E-state index in [9.17, 15) is 18.0 Å². The van der Waals surface area contributed by atoms with Crippen molar-refractivity contribution < 1.29 is 22.8 Å². The van der Waals surface area contributed by atoms with Crippen molar-refractivity contribution in [2.75, 3.05) is 0 Å². The first-order valence-corrected chi connectivity index (χ1v) is 4.58. The maximum atomic E-state index is 12.0. The van der Waals surface area contributed by atoms with Gasteiger partial charge in [-0.3, -0.25) is 0 Å². The normalized spacial score (nSPS) is 11.2. The Morgan fingerprint density at radius 2 is 2.17 bits per heavy atom. The van der Waals surface area contributed by atoms with Crippen LogP contribution in [-0.2, 0) is 4.79 Å². The van der Waals surface area contributed by atoms with E-state index in [1.165, 1.54) is 18.2 Å². The Morgan fingerprint density at radius 3 is 2.78 bits per heavy atom. The van der Waals surface area contributed by atoms with Gasteiger partial charge in [0.2, 0.25) is 0 Å². The summed E-state index contributed by atoms with van der Waals surface area (Å²) in [5.74, 6) is -2.36. The molecule has 0 fully saturated rings. The molecule has 92 valence electrons. The van der Waals surface area contributed by atoms with Crippen molar-refractivity contribution in [3.63, 3.8) is 0 Å². The lowest BCUT2D eigenvalue weighted by Gasteiger charge is -2.07. The minimum absolute atomic E-state index is 0.103. The number of imidazole rings is 1. The molecular weight excluding hydrogens is 251 g/mol. The number of rotatable bonds is 1. The number of alkyl halides is 3. The van der Waals surface area contributed by atoms with Crippen molar-refractivity contribution in [3.05, 3.63) is 30.1 Å². The fraction of sp³-hybridized carbons (Fsp3) is 0.100. The SMILES string of the molecule is N#Cc1ccc2ncn(OC(=O)C(F)(F)F)c2c1. The molecule has 0 amide bonds. The van der Waals surface area contributed by atoms with Crippen molar-refractivity contribution in [1.82, 2.24) is 9.71 Å². The van der Waals surface area contributed by atoms with Crippen LogP contribution in [-0.4, -0.2) is 21.9 Å². The van der Waals surface area contributed by atoms with E-state index in [0.29, 0.717) is 10.2 Å². The summed E-state index contributed by atoms with van der Waals surface area (Å²) in [7, 11) is 0. The smallest absolute Gasteiger partial charge is 0.326 e. The van der Waals surface area contributed by atoms with Crippen molar-refractivity contribution in [1.29, 1.82) is 5.26 Å². The van der Waals surface area contributed by atoms with E-state index < -0.39 is 12.1 Å². The number of fused-ring (bicyclic) bond motifs is 1. The van der Waals surface area contributed by atoms with Gasteiger partial charge in [-0.25, -0.2) is 9.78 Å². The highest BCUT2D eigenvalue weighted by atomic mass is 19.4. The summed E-state index contributed by atoms with van der Waals surface area (Å²) < 4.78 is 36.7. The number of carbonyl (C=O) groups is 1. The van der Waals surface area contributed by atoms with Crippen molar-refractivity contribution >= 4 is 17.0 Å². The Balaban J connectivity index is 2.41. The molecule has 0 spiro atoms. The molecule has 0 bridgehead atoms. The van der Waals surface area contributed by atoms with E-state index in [4.69, 9.17) is 5.26 Å². The summed E-state index contributed by atoms with van der Waals surface area (Å²) in [5, 5.41) is 8.67. The molecule has 18 heavy (non-hydrogen) atoms. The maximum absolute atomic E-state index is 12.0. The lowest BCUT2D eigenvalue weighted by atomic mass is 10.2. The van der Waals surface area contributed by atoms with Crippen LogP contribution in [0.2, 0.25) is 0 Å². The molecule has 0 saturated carbocycles. The second-order valence-corrected chi connectivity index (χ2v) is 3.26. The number of hydrogen-bond acceptors (Lipinski definition) is 4. The van der Waals surface area contributed by atoms with Gasteiger partial charge in [-0.05, 0) is 18.2 Å². The van der Waals surface area contributed by atoms with E-state index in [-0.39, 0.29) is 11.1 Å². The van der Waals surface area contributed by atoms with Crippen LogP contribution in [0.5, 0.6) is 0 Å². The standard InChI is InChI=1S/C10H4F3N3O2/c11-10(12,13)9(17)18-16-5-15-7-2-1-6(4-14)3-8(7)16/h1-3,5H. The molecule has 2 rings (SSSR count). The molecular formula is C10H4F3N3O2. The second-order valence-electron chi connectivity index (χ2n) is 3.26. The number of carbonyl (C=O) groups excluding carboxylic acids is 1. The van der Waals surface area contributed by atoms with E-state index in [1.807, 2.05) is 6.07 Å². The Morgan fingerprint density at radius 1 is 1.44 bits per heavy atom. The lowest BCUT2D eigenvalue weighted by molar-refractivity contribution is -0.199. The third-order valence-electron chi connectivity index (χ3n) is 2.06. The van der Waals surface area contributed by atoms with Gasteiger partial charge < -0.3 is 4.84 Å². The zero-order valence-corrected chi connectivity index (χ0v) is 8.60. The van der Waals surface area contributed by atoms with Gasteiger partial charge in [0.1, 0.15) is 11.8 Å². The zero-order chi connectivity index (χ0) is 13.3. The largest absolute Gasteiger partial charge is 0.493 e. The molecule has 2 aromatic rings. The van der Waals surface area contributed by atoms with Crippen molar-refractivity contribution in [3.8, 4) is 6.07 Å². The Labute approximate surface area is 98.0 Å². The molecule has 8 heteroatoms. The fourth-order valence-corrected chi connectivity index (χ4v) is 1.27. The van der Waals surface area contributed by atoms with Gasteiger partial charge >= 0.3 is 12.1 Å². The molecule has 0 aliphatic carbocycles. The predicted molar refractivity (Wildman–Crippen MR) is 52.1 cm³/mol. The summed E-state index contributed by atoms with van der Waals surface area (Å²) in [5.41, 5.74) is 0.628. The molecule has 0 aliphatic heterocycles. The summed E-state index contributed by atoms with van der Waals surface area (Å²) in [6, 6.07) is 5.97. The fourth-order valence-electron chi connectivity index (χ4n) is 1.27. The summed E-state index contributed by atoms with van der Waals surface area (Å²) in [6.45, 7) is 0. The van der Waals surface area contributed by atoms with Crippen LogP contribution in [0.4, 0.5) is 13.2 Å². The van der Waals surface area contributed by atoms with Crippen LogP contribution in [0.25, 0.3) is 11.0 Å². The third-order valence-corrected chi connectivity index (χ3v) is 2.06. The molecule has 0 atom stereocenters. The molecule has 0 aliphatic rings. The number of benzene rings is 1. The molecule has 1 aromatic heterocycles. The minimum Gasteiger partial charge on any atom is -0.326 e. The molecule has 5 nitrogen and oxygen atoms in total. The lowest BCUT2D eigenvalue weighted by Crippen LogP contribution is -2.32. The molecule has 1 aromatic carbocycles. The first kappa shape index (κ1) is 11.9. The average molecular weight is 255 g/mol. The van der Waals surface area contributed by atoms with Gasteiger partial charge in [0, 0.05) is 0 Å². The highest BCUT2D eigenvalue weighted by molar-refractivity contribution is 5.79. The molecule has 0 radical (unpaired) electrons. The van der Waals surface area contributed by atoms with Crippen molar-refractivity contribution in [2.45, 2.75) is 6.18 Å². The Kier molecular flexibility index (Phi) is 2.67. The van der Waals surface area contributed by atoms with Crippen molar-refractivity contribution in [2.24, 2.45) is 0 Å². The number of hydrogen-bond donors (Lipinski definition) is 0. The topological polar surface area (TPSA) is 67.9 Å². The number of aromatic nitrogens is 2. The number of nitrogens with zero attached hydrogens (tertiary/aromatic N) is 3. The third kappa shape index (κ3) is 2.10. The van der Waals surface area contributed by atoms with Gasteiger partial charge in [-0.2, -0.15) is 23.2 Å². The summed E-state index contributed by atoms with van der Waals surface area (Å²) in [6.07, 6.45) is -4.17. The highest BCUT2D eigenvalue weighted by Crippen LogP contribution is 2.17. The van der Waals surface area contributed by atoms with E-state index >= 15 is 0 Å². The van der Waals surface area contributed by atoms with E-state index in [1.54, 1.807) is 0 Å². The second kappa shape index (κ2) is 4.03. The number of nitriles is 1. The summed E-state index contributed by atoms with van der Waals surface area (Å²) >= 11 is 0. The maximum Gasteiger partial charge on any atom is 0.493 e. The number of halogens is 3. The van der Waals surface area contributed by atoms with E-state index in [0.717, 1.165) is 6.33 Å². The average Bonchev–Trinajstić information content (AvgIpc) is 2.70.